The third-order valence-corrected chi connectivity index (χ3v) is 3.24. The van der Waals surface area contributed by atoms with Crippen LogP contribution >= 0.6 is 0 Å². The first-order valence-corrected chi connectivity index (χ1v) is 7.14. The van der Waals surface area contributed by atoms with Gasteiger partial charge in [-0.05, 0) is 31.2 Å². The molecule has 108 valence electrons. The summed E-state index contributed by atoms with van der Waals surface area (Å²) in [5.74, 6) is 0.672. The predicted molar refractivity (Wildman–Crippen MR) is 84.0 cm³/mol. The van der Waals surface area contributed by atoms with E-state index in [-0.39, 0.29) is 0 Å². The molecule has 2 aromatic carbocycles. The first-order chi connectivity index (χ1) is 10.3. The molecule has 21 heavy (non-hydrogen) atoms. The summed E-state index contributed by atoms with van der Waals surface area (Å²) >= 11 is 0. The van der Waals surface area contributed by atoms with Crippen LogP contribution in [-0.4, -0.2) is 25.1 Å². The van der Waals surface area contributed by atoms with Crippen LogP contribution in [0.25, 0.3) is 0 Å². The Kier molecular flexibility index (Phi) is 5.81. The van der Waals surface area contributed by atoms with Crippen molar-refractivity contribution in [3.8, 4) is 11.8 Å². The molecule has 0 aliphatic heterocycles. The minimum absolute atomic E-state index is 0.593. The van der Waals surface area contributed by atoms with Gasteiger partial charge in [-0.1, -0.05) is 42.5 Å². The SMILES string of the molecule is CN(CCCOc1ccccc1C#N)Cc1ccccc1. The maximum Gasteiger partial charge on any atom is 0.137 e. The fourth-order valence-electron chi connectivity index (χ4n) is 2.18. The average molecular weight is 280 g/mol. The number of hydrogen-bond donors (Lipinski definition) is 0. The normalized spacial score (nSPS) is 10.3. The van der Waals surface area contributed by atoms with Crippen molar-refractivity contribution in [3.63, 3.8) is 0 Å². The Bertz CT molecular complexity index is 590. The molecule has 3 nitrogen and oxygen atoms in total. The second kappa shape index (κ2) is 8.08. The molecule has 0 bridgehead atoms. The highest BCUT2D eigenvalue weighted by molar-refractivity contribution is 5.42. The zero-order chi connectivity index (χ0) is 14.9. The zero-order valence-corrected chi connectivity index (χ0v) is 12.3. The van der Waals surface area contributed by atoms with Gasteiger partial charge in [0.1, 0.15) is 11.8 Å². The van der Waals surface area contributed by atoms with Crippen molar-refractivity contribution in [2.24, 2.45) is 0 Å². The molecule has 2 aromatic rings. The van der Waals surface area contributed by atoms with Crippen LogP contribution in [0.15, 0.2) is 54.6 Å². The number of rotatable bonds is 7. The molecule has 0 spiro atoms. The molecule has 0 N–H and O–H groups in total. The number of nitrogens with zero attached hydrogens (tertiary/aromatic N) is 2. The fourth-order valence-corrected chi connectivity index (χ4v) is 2.18. The Morgan fingerprint density at radius 3 is 2.52 bits per heavy atom. The zero-order valence-electron chi connectivity index (χ0n) is 12.3. The molecule has 0 saturated heterocycles. The molecule has 0 aliphatic carbocycles. The van der Waals surface area contributed by atoms with Gasteiger partial charge in [-0.15, -0.1) is 0 Å². The van der Waals surface area contributed by atoms with Crippen LogP contribution in [0.3, 0.4) is 0 Å². The van der Waals surface area contributed by atoms with E-state index in [9.17, 15) is 0 Å². The minimum Gasteiger partial charge on any atom is -0.492 e. The van der Waals surface area contributed by atoms with Crippen LogP contribution in [0.2, 0.25) is 0 Å². The van der Waals surface area contributed by atoms with Crippen molar-refractivity contribution in [2.45, 2.75) is 13.0 Å². The quantitative estimate of drug-likeness (QED) is 0.729. The molecule has 0 saturated carbocycles. The Morgan fingerprint density at radius 2 is 1.76 bits per heavy atom. The Hall–Kier alpha value is -2.31. The van der Waals surface area contributed by atoms with Gasteiger partial charge in [-0.2, -0.15) is 5.26 Å². The van der Waals surface area contributed by atoms with Crippen molar-refractivity contribution >= 4 is 0 Å². The second-order valence-corrected chi connectivity index (χ2v) is 5.03. The van der Waals surface area contributed by atoms with Crippen molar-refractivity contribution in [1.29, 1.82) is 5.26 Å². The molecule has 0 aliphatic rings. The lowest BCUT2D eigenvalue weighted by atomic mass is 10.2. The molecule has 2 rings (SSSR count). The van der Waals surface area contributed by atoms with E-state index in [1.165, 1.54) is 5.56 Å². The van der Waals surface area contributed by atoms with Gasteiger partial charge in [0, 0.05) is 13.1 Å². The van der Waals surface area contributed by atoms with Crippen molar-refractivity contribution < 1.29 is 4.74 Å². The highest BCUT2D eigenvalue weighted by Gasteiger charge is 2.03. The van der Waals surface area contributed by atoms with Crippen LogP contribution in [0.1, 0.15) is 17.5 Å². The fraction of sp³-hybridized carbons (Fsp3) is 0.278. The number of nitriles is 1. The van der Waals surface area contributed by atoms with Crippen LogP contribution < -0.4 is 4.74 Å². The molecule has 0 fully saturated rings. The van der Waals surface area contributed by atoms with E-state index in [4.69, 9.17) is 10.00 Å². The summed E-state index contributed by atoms with van der Waals surface area (Å²) < 4.78 is 5.68. The van der Waals surface area contributed by atoms with Crippen LogP contribution in [-0.2, 0) is 6.54 Å². The highest BCUT2D eigenvalue weighted by atomic mass is 16.5. The monoisotopic (exact) mass is 280 g/mol. The first-order valence-electron chi connectivity index (χ1n) is 7.14. The van der Waals surface area contributed by atoms with Crippen molar-refractivity contribution in [2.75, 3.05) is 20.2 Å². The summed E-state index contributed by atoms with van der Waals surface area (Å²) in [7, 11) is 2.11. The Labute approximate surface area is 126 Å². The van der Waals surface area contributed by atoms with Crippen LogP contribution in [0.4, 0.5) is 0 Å². The third-order valence-electron chi connectivity index (χ3n) is 3.24. The van der Waals surface area contributed by atoms with E-state index < -0.39 is 0 Å². The number of hydrogen-bond acceptors (Lipinski definition) is 3. The highest BCUT2D eigenvalue weighted by Crippen LogP contribution is 2.16. The predicted octanol–water partition coefficient (Wildman–Crippen LogP) is 3.46. The van der Waals surface area contributed by atoms with Gasteiger partial charge in [0.2, 0.25) is 0 Å². The smallest absolute Gasteiger partial charge is 0.137 e. The van der Waals surface area contributed by atoms with Gasteiger partial charge in [0.25, 0.3) is 0 Å². The molecule has 0 amide bonds. The van der Waals surface area contributed by atoms with Gasteiger partial charge >= 0.3 is 0 Å². The van der Waals surface area contributed by atoms with Crippen molar-refractivity contribution in [3.05, 3.63) is 65.7 Å². The molecule has 0 atom stereocenters. The average Bonchev–Trinajstić information content (AvgIpc) is 2.53. The molecular weight excluding hydrogens is 260 g/mol. The van der Waals surface area contributed by atoms with Gasteiger partial charge < -0.3 is 9.64 Å². The largest absolute Gasteiger partial charge is 0.492 e. The summed E-state index contributed by atoms with van der Waals surface area (Å²) in [5.41, 5.74) is 1.91. The molecule has 0 radical (unpaired) electrons. The number of ether oxygens (including phenoxy) is 1. The van der Waals surface area contributed by atoms with E-state index >= 15 is 0 Å². The van der Waals surface area contributed by atoms with Crippen LogP contribution in [0.5, 0.6) is 5.75 Å². The topological polar surface area (TPSA) is 36.3 Å². The minimum atomic E-state index is 0.593. The number of benzene rings is 2. The van der Waals surface area contributed by atoms with Gasteiger partial charge in [0.15, 0.2) is 0 Å². The molecule has 0 aromatic heterocycles. The molecule has 0 unspecified atom stereocenters. The molecule has 3 heteroatoms. The number of para-hydroxylation sites is 1. The lowest BCUT2D eigenvalue weighted by Crippen LogP contribution is -2.20. The molecule has 0 heterocycles. The third kappa shape index (κ3) is 4.94. The maximum atomic E-state index is 8.99. The summed E-state index contributed by atoms with van der Waals surface area (Å²) in [6.45, 7) is 2.52. The van der Waals surface area contributed by atoms with Crippen molar-refractivity contribution in [1.82, 2.24) is 4.90 Å². The summed E-state index contributed by atoms with van der Waals surface area (Å²) in [4.78, 5) is 2.27. The first kappa shape index (κ1) is 15.1. The van der Waals surface area contributed by atoms with Crippen LogP contribution in [0, 0.1) is 11.3 Å². The molecular formula is C18H20N2O. The van der Waals surface area contributed by atoms with E-state index in [0.29, 0.717) is 17.9 Å². The Morgan fingerprint density at radius 1 is 1.05 bits per heavy atom. The lowest BCUT2D eigenvalue weighted by Gasteiger charge is -2.17. The van der Waals surface area contributed by atoms with E-state index in [0.717, 1.165) is 19.5 Å². The van der Waals surface area contributed by atoms with Gasteiger partial charge in [-0.25, -0.2) is 0 Å². The summed E-state index contributed by atoms with van der Waals surface area (Å²) in [6.07, 6.45) is 0.934. The summed E-state index contributed by atoms with van der Waals surface area (Å²) in [6, 6.07) is 19.9. The standard InChI is InChI=1S/C18H20N2O/c1-20(15-16-8-3-2-4-9-16)12-7-13-21-18-11-6-5-10-17(18)14-19/h2-6,8-11H,7,12-13,15H2,1H3. The summed E-state index contributed by atoms with van der Waals surface area (Å²) in [5, 5.41) is 8.99. The lowest BCUT2D eigenvalue weighted by molar-refractivity contribution is 0.258. The van der Waals surface area contributed by atoms with Gasteiger partial charge in [-0.3, -0.25) is 0 Å². The second-order valence-electron chi connectivity index (χ2n) is 5.03. The van der Waals surface area contributed by atoms with Gasteiger partial charge in [0.05, 0.1) is 12.2 Å². The van der Waals surface area contributed by atoms with E-state index in [2.05, 4.69) is 42.3 Å². The van der Waals surface area contributed by atoms with E-state index in [1.807, 2.05) is 24.3 Å². The Balaban J connectivity index is 1.71. The van der Waals surface area contributed by atoms with E-state index in [1.54, 1.807) is 6.07 Å². The maximum absolute atomic E-state index is 8.99.